The predicted molar refractivity (Wildman–Crippen MR) is 75.4 cm³/mol. The second kappa shape index (κ2) is 6.26. The van der Waals surface area contributed by atoms with E-state index in [2.05, 4.69) is 0 Å². The van der Waals surface area contributed by atoms with Gasteiger partial charge in [0.05, 0.1) is 5.02 Å². The molecule has 3 N–H and O–H groups in total. The number of piperidine rings is 1. The van der Waals surface area contributed by atoms with Crippen LogP contribution >= 0.6 is 11.6 Å². The summed E-state index contributed by atoms with van der Waals surface area (Å²) in [4.78, 5) is 14.1. The first kappa shape index (κ1) is 14.2. The molecule has 0 aromatic heterocycles. The molecular weight excluding hydrogens is 264 g/mol. The summed E-state index contributed by atoms with van der Waals surface area (Å²) in [6, 6.07) is 4.58. The van der Waals surface area contributed by atoms with Gasteiger partial charge in [0.2, 0.25) is 0 Å². The fraction of sp³-hybridized carbons (Fsp3) is 0.500. The van der Waals surface area contributed by atoms with Crippen LogP contribution in [-0.4, -0.2) is 35.5 Å². The van der Waals surface area contributed by atoms with Crippen molar-refractivity contribution in [3.05, 3.63) is 28.8 Å². The predicted octanol–water partition coefficient (Wildman–Crippen LogP) is 2.25. The number of nitrogens with zero attached hydrogens (tertiary/aromatic N) is 1. The first-order valence-corrected chi connectivity index (χ1v) is 6.97. The van der Waals surface area contributed by atoms with Crippen LogP contribution in [0.5, 0.6) is 5.75 Å². The summed E-state index contributed by atoms with van der Waals surface area (Å²) in [5.41, 5.74) is 6.08. The topological polar surface area (TPSA) is 66.6 Å². The molecule has 2 rings (SSSR count). The van der Waals surface area contributed by atoms with Crippen LogP contribution in [0.15, 0.2) is 18.2 Å². The Kier molecular flexibility index (Phi) is 4.66. The van der Waals surface area contributed by atoms with Crippen molar-refractivity contribution < 1.29 is 9.90 Å². The molecule has 1 fully saturated rings. The number of halogens is 1. The van der Waals surface area contributed by atoms with Crippen LogP contribution in [0.25, 0.3) is 0 Å². The van der Waals surface area contributed by atoms with E-state index in [9.17, 15) is 9.90 Å². The van der Waals surface area contributed by atoms with Crippen LogP contribution in [-0.2, 0) is 0 Å². The van der Waals surface area contributed by atoms with Crippen molar-refractivity contribution in [2.24, 2.45) is 11.7 Å². The van der Waals surface area contributed by atoms with Crippen LogP contribution in [0.4, 0.5) is 0 Å². The number of aromatic hydroxyl groups is 1. The minimum atomic E-state index is -0.0203. The quantitative estimate of drug-likeness (QED) is 0.893. The summed E-state index contributed by atoms with van der Waals surface area (Å²) in [5.74, 6) is 0.616. The first-order valence-electron chi connectivity index (χ1n) is 6.59. The van der Waals surface area contributed by atoms with Gasteiger partial charge in [-0.1, -0.05) is 11.6 Å². The SMILES string of the molecule is NCCC1CCN(C(=O)c2ccc(O)c(Cl)c2)CC1. The van der Waals surface area contributed by atoms with Gasteiger partial charge < -0.3 is 15.7 Å². The summed E-state index contributed by atoms with van der Waals surface area (Å²) >= 11 is 5.83. The highest BCUT2D eigenvalue weighted by Crippen LogP contribution is 2.26. The molecule has 1 aromatic rings. The third kappa shape index (κ3) is 3.39. The monoisotopic (exact) mass is 282 g/mol. The van der Waals surface area contributed by atoms with Gasteiger partial charge in [-0.15, -0.1) is 0 Å². The van der Waals surface area contributed by atoms with Gasteiger partial charge in [0, 0.05) is 18.7 Å². The maximum absolute atomic E-state index is 12.3. The number of nitrogens with two attached hydrogens (primary N) is 1. The minimum absolute atomic E-state index is 0.000120. The second-order valence-corrected chi connectivity index (χ2v) is 5.39. The van der Waals surface area contributed by atoms with Gasteiger partial charge in [-0.2, -0.15) is 0 Å². The van der Waals surface area contributed by atoms with Crippen LogP contribution in [0, 0.1) is 5.92 Å². The third-order valence-corrected chi connectivity index (χ3v) is 3.97. The van der Waals surface area contributed by atoms with Gasteiger partial charge in [0.25, 0.3) is 5.91 Å². The maximum Gasteiger partial charge on any atom is 0.253 e. The molecule has 1 aliphatic rings. The summed E-state index contributed by atoms with van der Waals surface area (Å²) in [6.07, 6.45) is 3.05. The molecule has 1 saturated heterocycles. The zero-order chi connectivity index (χ0) is 13.8. The molecule has 0 aliphatic carbocycles. The molecule has 1 amide bonds. The van der Waals surface area contributed by atoms with E-state index < -0.39 is 0 Å². The molecule has 0 saturated carbocycles. The largest absolute Gasteiger partial charge is 0.506 e. The number of rotatable bonds is 3. The van der Waals surface area contributed by atoms with Crippen LogP contribution in [0.3, 0.4) is 0 Å². The van der Waals surface area contributed by atoms with E-state index in [1.165, 1.54) is 12.1 Å². The molecule has 5 heteroatoms. The average molecular weight is 283 g/mol. The fourth-order valence-corrected chi connectivity index (χ4v) is 2.66. The fourth-order valence-electron chi connectivity index (χ4n) is 2.48. The number of likely N-dealkylation sites (tertiary alicyclic amines) is 1. The first-order chi connectivity index (χ1) is 9.11. The van der Waals surface area contributed by atoms with Crippen molar-refractivity contribution in [1.29, 1.82) is 0 Å². The van der Waals surface area contributed by atoms with E-state index in [0.29, 0.717) is 18.0 Å². The summed E-state index contributed by atoms with van der Waals surface area (Å²) < 4.78 is 0. The second-order valence-electron chi connectivity index (χ2n) is 4.98. The molecule has 0 atom stereocenters. The summed E-state index contributed by atoms with van der Waals surface area (Å²) in [7, 11) is 0. The van der Waals surface area contributed by atoms with Crippen LogP contribution < -0.4 is 5.73 Å². The highest BCUT2D eigenvalue weighted by molar-refractivity contribution is 6.32. The van der Waals surface area contributed by atoms with Gasteiger partial charge in [-0.05, 0) is 49.9 Å². The van der Waals surface area contributed by atoms with Gasteiger partial charge >= 0.3 is 0 Å². The minimum Gasteiger partial charge on any atom is -0.506 e. The zero-order valence-electron chi connectivity index (χ0n) is 10.8. The Bertz CT molecular complexity index is 457. The van der Waals surface area contributed by atoms with E-state index in [1.807, 2.05) is 4.90 Å². The third-order valence-electron chi connectivity index (χ3n) is 3.67. The number of amides is 1. The molecule has 0 bridgehead atoms. The Morgan fingerprint density at radius 2 is 2.11 bits per heavy atom. The Labute approximate surface area is 118 Å². The van der Waals surface area contributed by atoms with Crippen molar-refractivity contribution in [1.82, 2.24) is 4.90 Å². The number of phenols is 1. The number of hydrogen-bond acceptors (Lipinski definition) is 3. The average Bonchev–Trinajstić information content (AvgIpc) is 2.42. The highest BCUT2D eigenvalue weighted by Gasteiger charge is 2.23. The Morgan fingerprint density at radius 1 is 1.42 bits per heavy atom. The van der Waals surface area contributed by atoms with Crippen molar-refractivity contribution in [3.8, 4) is 5.75 Å². The lowest BCUT2D eigenvalue weighted by Crippen LogP contribution is -2.38. The van der Waals surface area contributed by atoms with Crippen molar-refractivity contribution in [3.63, 3.8) is 0 Å². The molecule has 19 heavy (non-hydrogen) atoms. The zero-order valence-corrected chi connectivity index (χ0v) is 11.6. The van der Waals surface area contributed by atoms with E-state index in [0.717, 1.165) is 32.4 Å². The van der Waals surface area contributed by atoms with Crippen LogP contribution in [0.1, 0.15) is 29.6 Å². The lowest BCUT2D eigenvalue weighted by Gasteiger charge is -2.32. The summed E-state index contributed by atoms with van der Waals surface area (Å²) in [6.45, 7) is 2.25. The van der Waals surface area contributed by atoms with E-state index in [1.54, 1.807) is 6.07 Å². The molecule has 104 valence electrons. The molecule has 1 aliphatic heterocycles. The Morgan fingerprint density at radius 3 is 2.68 bits per heavy atom. The number of phenolic OH excluding ortho intramolecular Hbond substituents is 1. The molecule has 1 aromatic carbocycles. The number of benzene rings is 1. The summed E-state index contributed by atoms with van der Waals surface area (Å²) in [5, 5.41) is 9.57. The number of carbonyl (C=O) groups excluding carboxylic acids is 1. The lowest BCUT2D eigenvalue weighted by molar-refractivity contribution is 0.0688. The Hall–Kier alpha value is -1.26. The van der Waals surface area contributed by atoms with Crippen molar-refractivity contribution >= 4 is 17.5 Å². The Balaban J connectivity index is 1.99. The molecule has 0 radical (unpaired) electrons. The number of carbonyl (C=O) groups is 1. The van der Waals surface area contributed by atoms with E-state index in [4.69, 9.17) is 17.3 Å². The van der Waals surface area contributed by atoms with Gasteiger partial charge in [-0.3, -0.25) is 4.79 Å². The maximum atomic E-state index is 12.3. The molecule has 0 spiro atoms. The van der Waals surface area contributed by atoms with E-state index in [-0.39, 0.29) is 16.7 Å². The molecular formula is C14H19ClN2O2. The van der Waals surface area contributed by atoms with Crippen molar-refractivity contribution in [2.45, 2.75) is 19.3 Å². The smallest absolute Gasteiger partial charge is 0.253 e. The van der Waals surface area contributed by atoms with Crippen LogP contribution in [0.2, 0.25) is 5.02 Å². The van der Waals surface area contributed by atoms with Gasteiger partial charge in [-0.25, -0.2) is 0 Å². The lowest BCUT2D eigenvalue weighted by atomic mass is 9.93. The molecule has 1 heterocycles. The van der Waals surface area contributed by atoms with E-state index >= 15 is 0 Å². The normalized spacial score (nSPS) is 16.6. The molecule has 0 unspecified atom stereocenters. The standard InChI is InChI=1S/C14H19ClN2O2/c15-12-9-11(1-2-13(12)18)14(19)17-7-4-10(3-6-16)5-8-17/h1-2,9-10,18H,3-8,16H2. The van der Waals surface area contributed by atoms with Gasteiger partial charge in [0.1, 0.15) is 5.75 Å². The van der Waals surface area contributed by atoms with Gasteiger partial charge in [0.15, 0.2) is 0 Å². The number of hydrogen-bond donors (Lipinski definition) is 2. The van der Waals surface area contributed by atoms with Crippen molar-refractivity contribution in [2.75, 3.05) is 19.6 Å². The molecule has 4 nitrogen and oxygen atoms in total. The highest BCUT2D eigenvalue weighted by atomic mass is 35.5.